The van der Waals surface area contributed by atoms with Gasteiger partial charge in [0.15, 0.2) is 17.3 Å². The Kier molecular flexibility index (Phi) is 15.1. The van der Waals surface area contributed by atoms with Gasteiger partial charge < -0.3 is 0 Å². The molecule has 10 aliphatic carbocycles. The molecule has 4 saturated carbocycles. The fourth-order valence-electron chi connectivity index (χ4n) is 14.6. The van der Waals surface area contributed by atoms with Crippen LogP contribution in [-0.2, 0) is 20.2 Å². The number of halogens is 24. The van der Waals surface area contributed by atoms with Crippen LogP contribution in [0, 0.1) is 37.5 Å². The number of benzene rings is 2. The van der Waals surface area contributed by atoms with Crippen molar-refractivity contribution < 1.29 is 25.9 Å². The van der Waals surface area contributed by atoms with E-state index in [0.29, 0.717) is 11.1 Å². The smallest absolute Gasteiger partial charge is 0.282 e. The Morgan fingerprint density at radius 3 is 0.667 bits per heavy atom. The number of allylic oxidation sites excluding steroid dienone is 8. The first-order valence-electron chi connectivity index (χ1n) is 20.7. The first-order valence-corrected chi connectivity index (χ1v) is 32.7. The topological polar surface area (TPSA) is 109 Å². The van der Waals surface area contributed by atoms with Crippen molar-refractivity contribution in [1.29, 1.82) is 0 Å². The summed E-state index contributed by atoms with van der Waals surface area (Å²) in [5.74, 6) is -7.61. The third-order valence-corrected chi connectivity index (χ3v) is 36.5. The summed E-state index contributed by atoms with van der Waals surface area (Å²) in [6.45, 7) is 2.98. The van der Waals surface area contributed by atoms with Gasteiger partial charge in [-0.3, -0.25) is 9.11 Å². The summed E-state index contributed by atoms with van der Waals surface area (Å²) in [6.07, 6.45) is 0. The van der Waals surface area contributed by atoms with Crippen LogP contribution >= 0.6 is 278 Å². The van der Waals surface area contributed by atoms with E-state index in [9.17, 15) is 25.9 Å². The summed E-state index contributed by atoms with van der Waals surface area (Å²) >= 11 is 167. The van der Waals surface area contributed by atoms with Crippen LogP contribution in [0.2, 0.25) is 0 Å². The summed E-state index contributed by atoms with van der Waals surface area (Å²) in [7, 11) is -9.36. The van der Waals surface area contributed by atoms with Crippen LogP contribution in [0.5, 0.6) is 0 Å². The number of fused-ring (bicyclic) bond motifs is 28. The van der Waals surface area contributed by atoms with Crippen LogP contribution in [0.1, 0.15) is 57.1 Å². The molecule has 33 heteroatoms. The fourth-order valence-corrected chi connectivity index (χ4v) is 28.2. The molecule has 0 saturated heterocycles. The average Bonchev–Trinajstić information content (AvgIpc) is 3.81. The second-order valence-electron chi connectivity index (χ2n) is 20.0. The molecule has 6 nitrogen and oxygen atoms in total. The van der Waals surface area contributed by atoms with Gasteiger partial charge in [0.05, 0.1) is 50.0 Å². The van der Waals surface area contributed by atoms with Crippen molar-refractivity contribution in [3.63, 3.8) is 0 Å². The molecule has 2 aromatic carbocycles. The minimum atomic E-state index is -4.68. The fraction of sp³-hybridized carbons (Fsp3) is 0.524. The summed E-state index contributed by atoms with van der Waals surface area (Å²) < 4.78 is 61.1. The third kappa shape index (κ3) is 6.37. The van der Waals surface area contributed by atoms with Crippen molar-refractivity contribution in [1.82, 2.24) is 0 Å². The number of hydrogen-bond donors (Lipinski definition) is 2. The zero-order chi connectivity index (χ0) is 55.7. The molecule has 0 aromatic heterocycles. The quantitative estimate of drug-likeness (QED) is 0.176. The Morgan fingerprint density at radius 1 is 0.333 bits per heavy atom. The van der Waals surface area contributed by atoms with E-state index in [1.807, 2.05) is 0 Å². The Labute approximate surface area is 578 Å². The van der Waals surface area contributed by atoms with Gasteiger partial charge in [0.2, 0.25) is 0 Å². The van der Waals surface area contributed by atoms with Crippen molar-refractivity contribution in [2.24, 2.45) is 23.7 Å². The predicted octanol–water partition coefficient (Wildman–Crippen LogP) is 18.3. The van der Waals surface area contributed by atoms with Gasteiger partial charge in [0.25, 0.3) is 20.2 Å². The minimum Gasteiger partial charge on any atom is -0.282 e. The maximum atomic E-state index is 12.3. The van der Waals surface area contributed by atoms with Crippen LogP contribution < -0.4 is 0 Å². The largest absolute Gasteiger partial charge is 0.294 e. The molecule has 4 fully saturated rings. The molecule has 16 unspecified atom stereocenters. The number of hydrogen-bond acceptors (Lipinski definition) is 4. The SMILES string of the molecule is Cc1cc2c(cc1S(=O)(=O)O)C1C(C3C2C2(Cl)C(Cl)=C(Cl)C3(Cl)C2(Cl)Cl)C2(Cl)C(Cl)=C(Cl)C1(Cl)C2(Cl)Cl.Cc1cc2c(cc1S(=O)(=O)O)C1C(C3C2C2(Cl)C(Cl)=C(Cl)C3(Cl)C2(Cl)Cl)C2(Cl)C(Cl)=C(Cl)C1(Cl)C2(Cl)Cl.[Ca]. The maximum absolute atomic E-state index is 12.3. The zero-order valence-corrected chi connectivity index (χ0v) is 58.0. The molecule has 0 spiro atoms. The Bertz CT molecular complexity index is 3270. The summed E-state index contributed by atoms with van der Waals surface area (Å²) in [5.41, 5.74) is 1.85. The van der Waals surface area contributed by atoms with Crippen LogP contribution in [0.3, 0.4) is 0 Å². The maximum Gasteiger partial charge on any atom is 0.294 e. The molecule has 0 aliphatic heterocycles. The molecule has 16 atom stereocenters. The summed E-state index contributed by atoms with van der Waals surface area (Å²) in [4.78, 5) is -15.4. The molecule has 2 radical (unpaired) electrons. The number of rotatable bonds is 2. The van der Waals surface area contributed by atoms with Gasteiger partial charge in [-0.2, -0.15) is 16.8 Å². The third-order valence-electron chi connectivity index (χ3n) is 17.4. The van der Waals surface area contributed by atoms with Crippen LogP contribution in [-0.4, -0.2) is 120 Å². The van der Waals surface area contributed by atoms with Gasteiger partial charge in [-0.25, -0.2) is 0 Å². The van der Waals surface area contributed by atoms with Gasteiger partial charge >= 0.3 is 0 Å². The van der Waals surface area contributed by atoms with E-state index >= 15 is 0 Å². The molecule has 75 heavy (non-hydrogen) atoms. The van der Waals surface area contributed by atoms with Gasteiger partial charge in [0.1, 0.15) is 39.0 Å². The molecule has 10 aliphatic rings. The summed E-state index contributed by atoms with van der Waals surface area (Å²) in [6, 6.07) is 5.57. The van der Waals surface area contributed by atoms with E-state index in [-0.39, 0.29) is 110 Å². The standard InChI is InChI=1S/2C21H10Cl12O3S.Ca/c2*1-4-2-5-6(3-7(4)37(34,35)36)9-11(19(29)15(25)13(23)17(9,27)21(19,32)33)10-8(5)16(26)12(22)14(24)18(10,28)20(16,30)31;/h2*2-3,8-11H,1H3,(H,34,35,36);. The zero-order valence-electron chi connectivity index (χ0n) is 36.1. The van der Waals surface area contributed by atoms with Crippen molar-refractivity contribution >= 4 is 336 Å². The number of alkyl halides is 16. The molecule has 2 N–H and O–H groups in total. The van der Waals surface area contributed by atoms with Crippen molar-refractivity contribution in [2.75, 3.05) is 0 Å². The molecule has 406 valence electrons. The van der Waals surface area contributed by atoms with Gasteiger partial charge in [0, 0.05) is 85.1 Å². The minimum absolute atomic E-state index is 0. The van der Waals surface area contributed by atoms with Gasteiger partial charge in [-0.05, 0) is 59.4 Å². The monoisotopic (exact) mass is 1560 g/mol. The van der Waals surface area contributed by atoms with Crippen LogP contribution in [0.25, 0.3) is 0 Å². The average molecular weight is 1580 g/mol. The van der Waals surface area contributed by atoms with E-state index < -0.39 is 124 Å². The molecule has 8 bridgehead atoms. The van der Waals surface area contributed by atoms with E-state index in [1.54, 1.807) is 0 Å². The normalized spacial score (nSPS) is 45.8. The van der Waals surface area contributed by atoms with Crippen molar-refractivity contribution in [2.45, 2.75) is 104 Å². The van der Waals surface area contributed by atoms with Crippen molar-refractivity contribution in [3.8, 4) is 0 Å². The predicted molar refractivity (Wildman–Crippen MR) is 314 cm³/mol. The second kappa shape index (κ2) is 17.9. The Morgan fingerprint density at radius 2 is 0.493 bits per heavy atom. The van der Waals surface area contributed by atoms with Crippen molar-refractivity contribution in [3.05, 3.63) is 97.9 Å². The van der Waals surface area contributed by atoms with Crippen LogP contribution in [0.4, 0.5) is 0 Å². The molecule has 2 aromatic rings. The van der Waals surface area contributed by atoms with E-state index in [0.717, 1.165) is 0 Å². The molecular formula is C42H20CaCl24O6S2. The Hall–Kier alpha value is 5.44. The van der Waals surface area contributed by atoms with Crippen LogP contribution in [0.15, 0.2) is 74.3 Å². The summed E-state index contributed by atoms with van der Waals surface area (Å²) in [5, 5.41) is -0.795. The molecule has 12 rings (SSSR count). The second-order valence-corrected chi connectivity index (χ2v) is 35.8. The van der Waals surface area contributed by atoms with E-state index in [4.69, 9.17) is 278 Å². The number of aryl methyl sites for hydroxylation is 2. The Balaban J connectivity index is 0.000000169. The van der Waals surface area contributed by atoms with Gasteiger partial charge in [-0.15, -0.1) is 92.8 Å². The first kappa shape index (κ1) is 63.5. The molecular weight excluding hydrogens is 1560 g/mol. The molecule has 0 heterocycles. The molecule has 0 amide bonds. The van der Waals surface area contributed by atoms with E-state index in [1.165, 1.54) is 38.1 Å². The van der Waals surface area contributed by atoms with Gasteiger partial charge in [-0.1, -0.05) is 198 Å². The first-order chi connectivity index (χ1) is 33.2. The van der Waals surface area contributed by atoms with E-state index in [2.05, 4.69) is 0 Å².